The molecule has 0 aromatic heterocycles. The zero-order chi connectivity index (χ0) is 16.4. The molecule has 23 heavy (non-hydrogen) atoms. The van der Waals surface area contributed by atoms with Gasteiger partial charge in [0.2, 0.25) is 0 Å². The van der Waals surface area contributed by atoms with E-state index in [0.717, 1.165) is 25.7 Å². The molecule has 2 amide bonds. The van der Waals surface area contributed by atoms with Gasteiger partial charge in [-0.3, -0.25) is 4.79 Å². The summed E-state index contributed by atoms with van der Waals surface area (Å²) >= 11 is 0. The van der Waals surface area contributed by atoms with E-state index in [9.17, 15) is 9.59 Å². The molecule has 1 aromatic carbocycles. The normalized spacial score (nSPS) is 26.6. The highest BCUT2D eigenvalue weighted by Crippen LogP contribution is 2.41. The van der Waals surface area contributed by atoms with Crippen LogP contribution in [-0.2, 0) is 0 Å². The maximum atomic E-state index is 12.4. The molecule has 1 aliphatic carbocycles. The molecule has 1 aromatic rings. The second-order valence-corrected chi connectivity index (χ2v) is 6.93. The number of amides is 2. The summed E-state index contributed by atoms with van der Waals surface area (Å²) in [6.45, 7) is 3.88. The van der Waals surface area contributed by atoms with Gasteiger partial charge in [-0.25, -0.2) is 4.79 Å². The Morgan fingerprint density at radius 1 is 1.26 bits per heavy atom. The van der Waals surface area contributed by atoms with Crippen LogP contribution in [0.4, 0.5) is 4.79 Å². The lowest BCUT2D eigenvalue weighted by atomic mass is 9.76. The maximum absolute atomic E-state index is 12.4. The Balaban J connectivity index is 1.61. The number of benzene rings is 1. The number of carbonyl (C=O) groups is 2. The van der Waals surface area contributed by atoms with E-state index < -0.39 is 5.60 Å². The van der Waals surface area contributed by atoms with Crippen LogP contribution in [0.15, 0.2) is 24.3 Å². The number of fused-ring (bicyclic) bond motifs is 1. The van der Waals surface area contributed by atoms with Crippen LogP contribution in [0.5, 0.6) is 5.75 Å². The highest BCUT2D eigenvalue weighted by atomic mass is 16.5. The van der Waals surface area contributed by atoms with E-state index in [1.54, 1.807) is 0 Å². The second kappa shape index (κ2) is 6.22. The smallest absolute Gasteiger partial charge is 0.315 e. The second-order valence-electron chi connectivity index (χ2n) is 6.93. The Bertz CT molecular complexity index is 604. The minimum atomic E-state index is -0.391. The van der Waals surface area contributed by atoms with Crippen LogP contribution in [-0.4, -0.2) is 29.5 Å². The van der Waals surface area contributed by atoms with Gasteiger partial charge in [-0.1, -0.05) is 12.1 Å². The van der Waals surface area contributed by atoms with Crippen LogP contribution in [0.1, 0.15) is 56.3 Å². The van der Waals surface area contributed by atoms with Crippen LogP contribution >= 0.6 is 0 Å². The largest absolute Gasteiger partial charge is 0.486 e. The van der Waals surface area contributed by atoms with Crippen LogP contribution < -0.4 is 15.4 Å². The number of hydrogen-bond acceptors (Lipinski definition) is 3. The monoisotopic (exact) mass is 316 g/mol. The van der Waals surface area contributed by atoms with Gasteiger partial charge in [-0.05, 0) is 51.7 Å². The molecule has 1 saturated carbocycles. The van der Waals surface area contributed by atoms with Crippen LogP contribution in [0.25, 0.3) is 0 Å². The molecule has 1 aliphatic heterocycles. The fourth-order valence-corrected chi connectivity index (χ4v) is 3.50. The predicted molar refractivity (Wildman–Crippen MR) is 87.8 cm³/mol. The van der Waals surface area contributed by atoms with E-state index >= 15 is 0 Å². The van der Waals surface area contributed by atoms with Crippen molar-refractivity contribution in [2.45, 2.75) is 63.6 Å². The lowest BCUT2D eigenvalue weighted by Crippen LogP contribution is -2.51. The van der Waals surface area contributed by atoms with Crippen molar-refractivity contribution in [3.63, 3.8) is 0 Å². The number of Topliss-reactive ketones (excluding diaryl/α,β-unsaturated/α-hetero) is 1. The highest BCUT2D eigenvalue weighted by molar-refractivity contribution is 6.00. The third kappa shape index (κ3) is 3.49. The van der Waals surface area contributed by atoms with Gasteiger partial charge in [-0.15, -0.1) is 0 Å². The molecule has 0 bridgehead atoms. The minimum Gasteiger partial charge on any atom is -0.486 e. The topological polar surface area (TPSA) is 67.4 Å². The number of urea groups is 1. The van der Waals surface area contributed by atoms with Crippen LogP contribution in [0, 0.1) is 0 Å². The summed E-state index contributed by atoms with van der Waals surface area (Å²) in [6, 6.07) is 7.62. The fraction of sp³-hybridized carbons (Fsp3) is 0.556. The summed E-state index contributed by atoms with van der Waals surface area (Å²) in [7, 11) is 0. The first-order chi connectivity index (χ1) is 11.0. The highest BCUT2D eigenvalue weighted by Gasteiger charge is 2.43. The quantitative estimate of drug-likeness (QED) is 0.881. The van der Waals surface area contributed by atoms with Gasteiger partial charge < -0.3 is 15.4 Å². The van der Waals surface area contributed by atoms with Gasteiger partial charge in [0.05, 0.1) is 12.0 Å². The van der Waals surface area contributed by atoms with E-state index in [0.29, 0.717) is 17.7 Å². The molecule has 2 N–H and O–H groups in total. The molecule has 1 heterocycles. The standard InChI is InChI=1S/C18H24N2O3/c1-12(2)19-17(22)20-13-7-9-18(10-8-13)11-15(21)14-5-3-4-6-16(14)23-18/h3-6,12-13H,7-11H2,1-2H3,(H2,19,20,22). The van der Waals surface area contributed by atoms with Crippen molar-refractivity contribution in [3.8, 4) is 5.75 Å². The zero-order valence-corrected chi connectivity index (χ0v) is 13.7. The summed E-state index contributed by atoms with van der Waals surface area (Å²) in [5.74, 6) is 0.864. The molecule has 0 radical (unpaired) electrons. The van der Waals surface area contributed by atoms with Gasteiger partial charge in [-0.2, -0.15) is 0 Å². The van der Waals surface area contributed by atoms with E-state index in [2.05, 4.69) is 10.6 Å². The number of hydrogen-bond donors (Lipinski definition) is 2. The molecule has 3 rings (SSSR count). The van der Waals surface area contributed by atoms with Gasteiger partial charge in [0.15, 0.2) is 5.78 Å². The average molecular weight is 316 g/mol. The molecule has 0 unspecified atom stereocenters. The molecule has 0 saturated heterocycles. The van der Waals surface area contributed by atoms with Crippen molar-refractivity contribution in [2.75, 3.05) is 0 Å². The number of rotatable bonds is 2. The number of nitrogens with one attached hydrogen (secondary N) is 2. The van der Waals surface area contributed by atoms with Crippen molar-refractivity contribution in [3.05, 3.63) is 29.8 Å². The van der Waals surface area contributed by atoms with Gasteiger partial charge >= 0.3 is 6.03 Å². The SMILES string of the molecule is CC(C)NC(=O)NC1CCC2(CC1)CC(=O)c1ccccc1O2. The van der Waals surface area contributed by atoms with E-state index in [-0.39, 0.29) is 23.9 Å². The van der Waals surface area contributed by atoms with Gasteiger partial charge in [0.25, 0.3) is 0 Å². The molecule has 124 valence electrons. The summed E-state index contributed by atoms with van der Waals surface area (Å²) in [5.41, 5.74) is 0.299. The number of ether oxygens (including phenoxy) is 1. The Morgan fingerprint density at radius 2 is 1.96 bits per heavy atom. The Labute approximate surface area is 136 Å². The van der Waals surface area contributed by atoms with Crippen LogP contribution in [0.2, 0.25) is 0 Å². The molecule has 0 atom stereocenters. The third-order valence-corrected chi connectivity index (χ3v) is 4.65. The summed E-state index contributed by atoms with van der Waals surface area (Å²) in [5, 5.41) is 5.86. The molecule has 5 nitrogen and oxygen atoms in total. The van der Waals surface area contributed by atoms with Crippen molar-refractivity contribution in [1.82, 2.24) is 10.6 Å². The fourth-order valence-electron chi connectivity index (χ4n) is 3.50. The van der Waals surface area contributed by atoms with Gasteiger partial charge in [0.1, 0.15) is 11.4 Å². The van der Waals surface area contributed by atoms with Crippen molar-refractivity contribution < 1.29 is 14.3 Å². The first kappa shape index (κ1) is 15.8. The van der Waals surface area contributed by atoms with E-state index in [4.69, 9.17) is 4.74 Å². The molecular weight excluding hydrogens is 292 g/mol. The Morgan fingerprint density at radius 3 is 2.65 bits per heavy atom. The molecular formula is C18H24N2O3. The molecule has 2 aliphatic rings. The summed E-state index contributed by atoms with van der Waals surface area (Å²) in [6.07, 6.45) is 3.69. The molecule has 1 fully saturated rings. The first-order valence-electron chi connectivity index (χ1n) is 8.36. The van der Waals surface area contributed by atoms with Crippen molar-refractivity contribution in [1.29, 1.82) is 0 Å². The summed E-state index contributed by atoms with van der Waals surface area (Å²) in [4.78, 5) is 24.2. The summed E-state index contributed by atoms with van der Waals surface area (Å²) < 4.78 is 6.20. The van der Waals surface area contributed by atoms with Gasteiger partial charge in [0, 0.05) is 12.1 Å². The zero-order valence-electron chi connectivity index (χ0n) is 13.7. The number of ketones is 1. The number of para-hydroxylation sites is 1. The van der Waals surface area contributed by atoms with Crippen LogP contribution in [0.3, 0.4) is 0 Å². The maximum Gasteiger partial charge on any atom is 0.315 e. The van der Waals surface area contributed by atoms with Crippen molar-refractivity contribution >= 4 is 11.8 Å². The first-order valence-corrected chi connectivity index (χ1v) is 8.36. The lowest BCUT2D eigenvalue weighted by molar-refractivity contribution is 0.00785. The predicted octanol–water partition coefficient (Wildman–Crippen LogP) is 3.04. The molecule has 5 heteroatoms. The Kier molecular flexibility index (Phi) is 4.28. The van der Waals surface area contributed by atoms with E-state index in [1.165, 1.54) is 0 Å². The third-order valence-electron chi connectivity index (χ3n) is 4.65. The van der Waals surface area contributed by atoms with E-state index in [1.807, 2.05) is 38.1 Å². The average Bonchev–Trinajstić information content (AvgIpc) is 2.49. The Hall–Kier alpha value is -2.04. The van der Waals surface area contributed by atoms with Crippen molar-refractivity contribution in [2.24, 2.45) is 0 Å². The molecule has 1 spiro atoms. The minimum absolute atomic E-state index is 0.119. The lowest BCUT2D eigenvalue weighted by Gasteiger charge is -2.42. The number of carbonyl (C=O) groups excluding carboxylic acids is 2.